The van der Waals surface area contributed by atoms with E-state index in [9.17, 15) is 0 Å². The number of hydrogen-bond acceptors (Lipinski definition) is 4. The van der Waals surface area contributed by atoms with Crippen molar-refractivity contribution in [2.24, 2.45) is 5.73 Å². The first kappa shape index (κ1) is 15.4. The molecule has 2 N–H and O–H groups in total. The molecule has 4 nitrogen and oxygen atoms in total. The fourth-order valence-corrected chi connectivity index (χ4v) is 2.37. The molecule has 0 unspecified atom stereocenters. The highest BCUT2D eigenvalue weighted by Crippen LogP contribution is 2.27. The minimum Gasteiger partial charge on any atom is -0.383 e. The van der Waals surface area contributed by atoms with Crippen molar-refractivity contribution in [1.29, 1.82) is 0 Å². The van der Waals surface area contributed by atoms with Crippen LogP contribution in [0.5, 0.6) is 0 Å². The zero-order valence-corrected chi connectivity index (χ0v) is 12.6. The Balaban J connectivity index is 2.82. The predicted molar refractivity (Wildman–Crippen MR) is 78.0 cm³/mol. The van der Waals surface area contributed by atoms with Gasteiger partial charge < -0.3 is 20.1 Å². The second-order valence-corrected chi connectivity index (χ2v) is 4.82. The Kier molecular flexibility index (Phi) is 7.27. The molecule has 0 aliphatic heterocycles. The lowest BCUT2D eigenvalue weighted by Gasteiger charge is -2.25. The third kappa shape index (κ3) is 4.57. The van der Waals surface area contributed by atoms with Crippen molar-refractivity contribution >= 4 is 21.6 Å². The molecule has 0 aliphatic carbocycles. The molecule has 102 valence electrons. The predicted octanol–water partition coefficient (Wildman–Crippen LogP) is 2.01. The molecule has 0 fully saturated rings. The summed E-state index contributed by atoms with van der Waals surface area (Å²) >= 11 is 3.59. The number of rotatable bonds is 8. The Labute approximate surface area is 117 Å². The lowest BCUT2D eigenvalue weighted by molar-refractivity contribution is 0.190. The highest BCUT2D eigenvalue weighted by Gasteiger charge is 2.10. The minimum atomic E-state index is 0.551. The van der Waals surface area contributed by atoms with Crippen LogP contribution in [0.2, 0.25) is 0 Å². The standard InChI is InChI=1S/C13H21BrN2O2/c1-17-7-5-16(6-8-18-2)13-4-3-11(10-15)9-12(13)14/h3-4,9H,5-8,10,15H2,1-2H3. The molecule has 0 heterocycles. The fraction of sp³-hybridized carbons (Fsp3) is 0.538. The first-order chi connectivity index (χ1) is 8.72. The Hall–Kier alpha value is -0.620. The highest BCUT2D eigenvalue weighted by molar-refractivity contribution is 9.10. The number of hydrogen-bond donors (Lipinski definition) is 1. The van der Waals surface area contributed by atoms with Gasteiger partial charge in [-0.2, -0.15) is 0 Å². The van der Waals surface area contributed by atoms with Crippen LogP contribution in [0.25, 0.3) is 0 Å². The molecule has 1 aromatic carbocycles. The summed E-state index contributed by atoms with van der Waals surface area (Å²) in [6, 6.07) is 6.19. The van der Waals surface area contributed by atoms with E-state index in [4.69, 9.17) is 15.2 Å². The summed E-state index contributed by atoms with van der Waals surface area (Å²) in [6.07, 6.45) is 0. The van der Waals surface area contributed by atoms with Crippen molar-refractivity contribution in [2.75, 3.05) is 45.4 Å². The van der Waals surface area contributed by atoms with Crippen LogP contribution in [-0.4, -0.2) is 40.5 Å². The Bertz CT molecular complexity index is 353. The number of benzene rings is 1. The molecule has 0 atom stereocenters. The van der Waals surface area contributed by atoms with Crippen LogP contribution in [0.15, 0.2) is 22.7 Å². The normalized spacial score (nSPS) is 10.7. The van der Waals surface area contributed by atoms with E-state index in [0.29, 0.717) is 19.8 Å². The molecule has 0 bridgehead atoms. The average molecular weight is 317 g/mol. The molecule has 0 saturated carbocycles. The molecule has 0 amide bonds. The zero-order valence-electron chi connectivity index (χ0n) is 11.0. The number of methoxy groups -OCH3 is 2. The van der Waals surface area contributed by atoms with E-state index < -0.39 is 0 Å². The molecule has 0 spiro atoms. The quantitative estimate of drug-likeness (QED) is 0.797. The molecule has 0 aliphatic rings. The van der Waals surface area contributed by atoms with E-state index in [-0.39, 0.29) is 0 Å². The first-order valence-corrected chi connectivity index (χ1v) is 6.73. The summed E-state index contributed by atoms with van der Waals surface area (Å²) in [6.45, 7) is 3.60. The lowest BCUT2D eigenvalue weighted by atomic mass is 10.2. The second kappa shape index (κ2) is 8.48. The van der Waals surface area contributed by atoms with Crippen LogP contribution in [-0.2, 0) is 16.0 Å². The van der Waals surface area contributed by atoms with Crippen LogP contribution in [0.3, 0.4) is 0 Å². The van der Waals surface area contributed by atoms with Crippen LogP contribution in [0, 0.1) is 0 Å². The Morgan fingerprint density at radius 2 is 1.78 bits per heavy atom. The largest absolute Gasteiger partial charge is 0.383 e. The van der Waals surface area contributed by atoms with Gasteiger partial charge in [-0.25, -0.2) is 0 Å². The maximum Gasteiger partial charge on any atom is 0.0637 e. The van der Waals surface area contributed by atoms with Crippen molar-refractivity contribution < 1.29 is 9.47 Å². The van der Waals surface area contributed by atoms with Gasteiger partial charge in [0.25, 0.3) is 0 Å². The smallest absolute Gasteiger partial charge is 0.0637 e. The van der Waals surface area contributed by atoms with Gasteiger partial charge in [0.15, 0.2) is 0 Å². The van der Waals surface area contributed by atoms with Gasteiger partial charge in [-0.1, -0.05) is 6.07 Å². The van der Waals surface area contributed by atoms with Gasteiger partial charge in [0.05, 0.1) is 18.9 Å². The third-order valence-electron chi connectivity index (χ3n) is 2.72. The number of ether oxygens (including phenoxy) is 2. The molecule has 5 heteroatoms. The fourth-order valence-electron chi connectivity index (χ4n) is 1.69. The summed E-state index contributed by atoms with van der Waals surface area (Å²) in [5.41, 5.74) is 7.89. The molecular weight excluding hydrogens is 296 g/mol. The molecule has 18 heavy (non-hydrogen) atoms. The molecular formula is C13H21BrN2O2. The van der Waals surface area contributed by atoms with Gasteiger partial charge in [-0.3, -0.25) is 0 Å². The number of nitrogens with two attached hydrogens (primary N) is 1. The monoisotopic (exact) mass is 316 g/mol. The van der Waals surface area contributed by atoms with E-state index >= 15 is 0 Å². The summed E-state index contributed by atoms with van der Waals surface area (Å²) < 4.78 is 11.3. The van der Waals surface area contributed by atoms with E-state index in [2.05, 4.69) is 33.0 Å². The van der Waals surface area contributed by atoms with Crippen molar-refractivity contribution in [3.63, 3.8) is 0 Å². The van der Waals surface area contributed by atoms with Crippen molar-refractivity contribution in [1.82, 2.24) is 0 Å². The Morgan fingerprint density at radius 1 is 1.17 bits per heavy atom. The average Bonchev–Trinajstić information content (AvgIpc) is 2.39. The lowest BCUT2D eigenvalue weighted by Crippen LogP contribution is -2.30. The van der Waals surface area contributed by atoms with Gasteiger partial charge in [0.1, 0.15) is 0 Å². The van der Waals surface area contributed by atoms with Crippen LogP contribution < -0.4 is 10.6 Å². The van der Waals surface area contributed by atoms with Crippen molar-refractivity contribution in [3.05, 3.63) is 28.2 Å². The van der Waals surface area contributed by atoms with Crippen LogP contribution in [0.1, 0.15) is 5.56 Å². The van der Waals surface area contributed by atoms with E-state index in [1.165, 1.54) is 0 Å². The first-order valence-electron chi connectivity index (χ1n) is 5.94. The van der Waals surface area contributed by atoms with Crippen LogP contribution >= 0.6 is 15.9 Å². The number of anilines is 1. The zero-order chi connectivity index (χ0) is 13.4. The number of halogens is 1. The summed E-state index contributed by atoms with van der Waals surface area (Å²) in [4.78, 5) is 2.23. The van der Waals surface area contributed by atoms with Crippen LogP contribution in [0.4, 0.5) is 5.69 Å². The second-order valence-electron chi connectivity index (χ2n) is 3.96. The SMILES string of the molecule is COCCN(CCOC)c1ccc(CN)cc1Br. The highest BCUT2D eigenvalue weighted by atomic mass is 79.9. The molecule has 0 radical (unpaired) electrons. The van der Waals surface area contributed by atoms with Gasteiger partial charge in [-0.15, -0.1) is 0 Å². The van der Waals surface area contributed by atoms with Crippen molar-refractivity contribution in [2.45, 2.75) is 6.54 Å². The maximum atomic E-state index is 5.63. The Morgan fingerprint density at radius 3 is 2.22 bits per heavy atom. The van der Waals surface area contributed by atoms with Gasteiger partial charge in [-0.05, 0) is 33.6 Å². The van der Waals surface area contributed by atoms with E-state index in [1.807, 2.05) is 6.07 Å². The molecule has 0 aromatic heterocycles. The van der Waals surface area contributed by atoms with Gasteiger partial charge >= 0.3 is 0 Å². The third-order valence-corrected chi connectivity index (χ3v) is 3.35. The number of nitrogens with zero attached hydrogens (tertiary/aromatic N) is 1. The topological polar surface area (TPSA) is 47.7 Å². The van der Waals surface area contributed by atoms with E-state index in [1.54, 1.807) is 14.2 Å². The minimum absolute atomic E-state index is 0.551. The summed E-state index contributed by atoms with van der Waals surface area (Å²) in [5, 5.41) is 0. The van der Waals surface area contributed by atoms with Gasteiger partial charge in [0.2, 0.25) is 0 Å². The molecule has 1 rings (SSSR count). The van der Waals surface area contributed by atoms with Crippen molar-refractivity contribution in [3.8, 4) is 0 Å². The molecule has 0 saturated heterocycles. The van der Waals surface area contributed by atoms with Gasteiger partial charge in [0, 0.05) is 38.3 Å². The summed E-state index contributed by atoms with van der Waals surface area (Å²) in [5.74, 6) is 0. The summed E-state index contributed by atoms with van der Waals surface area (Å²) in [7, 11) is 3.42. The maximum absolute atomic E-state index is 5.63. The molecule has 1 aromatic rings. The van der Waals surface area contributed by atoms with E-state index in [0.717, 1.165) is 28.8 Å².